The first kappa shape index (κ1) is 26.9. The second-order valence-electron chi connectivity index (χ2n) is 9.68. The third-order valence-corrected chi connectivity index (χ3v) is 7.61. The minimum Gasteiger partial charge on any atom is -0.493 e. The van der Waals surface area contributed by atoms with Gasteiger partial charge in [0.2, 0.25) is 6.29 Å². The third kappa shape index (κ3) is 4.79. The number of methoxy groups -OCH3 is 3. The van der Waals surface area contributed by atoms with Gasteiger partial charge in [0.05, 0.1) is 53.4 Å². The van der Waals surface area contributed by atoms with E-state index in [0.29, 0.717) is 30.5 Å². The molecule has 3 heterocycles. The first-order valence-electron chi connectivity index (χ1n) is 12.5. The van der Waals surface area contributed by atoms with E-state index >= 15 is 0 Å². The van der Waals surface area contributed by atoms with Crippen LogP contribution in [0.3, 0.4) is 0 Å². The van der Waals surface area contributed by atoms with Crippen LogP contribution in [0.2, 0.25) is 0 Å². The smallest absolute Gasteiger partial charge is 0.229 e. The molecule has 2 aromatic rings. The lowest BCUT2D eigenvalue weighted by atomic mass is 9.85. The monoisotopic (exact) mass is 534 g/mol. The number of benzene rings is 2. The molecular weight excluding hydrogens is 500 g/mol. The molecule has 11 nitrogen and oxygen atoms in total. The average Bonchev–Trinajstić information content (AvgIpc) is 3.55. The van der Waals surface area contributed by atoms with Gasteiger partial charge in [-0.15, -0.1) is 0 Å². The lowest BCUT2D eigenvalue weighted by Crippen LogP contribution is -2.60. The Balaban J connectivity index is 1.31. The van der Waals surface area contributed by atoms with E-state index in [1.54, 1.807) is 26.4 Å². The van der Waals surface area contributed by atoms with Crippen molar-refractivity contribution in [1.29, 1.82) is 0 Å². The van der Waals surface area contributed by atoms with Gasteiger partial charge < -0.3 is 53.6 Å². The number of fused-ring (bicyclic) bond motifs is 1. The summed E-state index contributed by atoms with van der Waals surface area (Å²) < 4.78 is 40.1. The molecular formula is C27H34O11. The average molecular weight is 535 g/mol. The molecule has 208 valence electrons. The van der Waals surface area contributed by atoms with Crippen molar-refractivity contribution in [3.8, 4) is 23.0 Å². The lowest BCUT2D eigenvalue weighted by molar-refractivity contribution is -0.277. The van der Waals surface area contributed by atoms with Crippen molar-refractivity contribution in [2.45, 2.75) is 42.9 Å². The minimum atomic E-state index is -1.54. The first-order chi connectivity index (χ1) is 18.4. The highest BCUT2D eigenvalue weighted by Gasteiger charge is 2.49. The van der Waals surface area contributed by atoms with E-state index in [4.69, 9.17) is 33.2 Å². The summed E-state index contributed by atoms with van der Waals surface area (Å²) >= 11 is 0. The molecule has 7 unspecified atom stereocenters. The molecule has 3 aliphatic rings. The van der Waals surface area contributed by atoms with Gasteiger partial charge in [0, 0.05) is 11.8 Å². The zero-order valence-corrected chi connectivity index (χ0v) is 21.4. The van der Waals surface area contributed by atoms with Gasteiger partial charge in [-0.25, -0.2) is 0 Å². The van der Waals surface area contributed by atoms with Crippen LogP contribution in [0.4, 0.5) is 0 Å². The maximum Gasteiger partial charge on any atom is 0.229 e. The third-order valence-electron chi connectivity index (χ3n) is 7.61. The molecule has 0 aromatic heterocycles. The Morgan fingerprint density at radius 1 is 0.711 bits per heavy atom. The van der Waals surface area contributed by atoms with Crippen molar-refractivity contribution in [2.75, 3.05) is 41.2 Å². The second kappa shape index (κ2) is 11.2. The molecule has 0 radical (unpaired) electrons. The molecule has 4 N–H and O–H groups in total. The van der Waals surface area contributed by atoms with Crippen molar-refractivity contribution in [2.24, 2.45) is 11.8 Å². The van der Waals surface area contributed by atoms with Gasteiger partial charge in [0.15, 0.2) is 23.0 Å². The van der Waals surface area contributed by atoms with Crippen LogP contribution in [-0.4, -0.2) is 92.3 Å². The predicted molar refractivity (Wildman–Crippen MR) is 131 cm³/mol. The van der Waals surface area contributed by atoms with Gasteiger partial charge in [0.25, 0.3) is 0 Å². The van der Waals surface area contributed by atoms with E-state index in [9.17, 15) is 20.4 Å². The fourth-order valence-electron chi connectivity index (χ4n) is 5.51. The predicted octanol–water partition coefficient (Wildman–Crippen LogP) is 0.966. The van der Waals surface area contributed by atoms with E-state index in [2.05, 4.69) is 0 Å². The topological polar surface area (TPSA) is 146 Å². The zero-order valence-electron chi connectivity index (χ0n) is 21.4. The van der Waals surface area contributed by atoms with Gasteiger partial charge in [-0.05, 0) is 35.4 Å². The molecule has 3 fully saturated rings. The molecule has 0 saturated carbocycles. The summed E-state index contributed by atoms with van der Waals surface area (Å²) in [7, 11) is 4.69. The Kier molecular flexibility index (Phi) is 7.96. The summed E-state index contributed by atoms with van der Waals surface area (Å²) in [6, 6.07) is 11.1. The van der Waals surface area contributed by atoms with Crippen molar-refractivity contribution in [1.82, 2.24) is 0 Å². The second-order valence-corrected chi connectivity index (χ2v) is 9.68. The van der Waals surface area contributed by atoms with Gasteiger partial charge in [-0.3, -0.25) is 0 Å². The lowest BCUT2D eigenvalue weighted by Gasteiger charge is -2.39. The first-order valence-corrected chi connectivity index (χ1v) is 12.5. The number of aliphatic hydroxyl groups excluding tert-OH is 4. The number of rotatable bonds is 8. The molecule has 5 rings (SSSR count). The quantitative estimate of drug-likeness (QED) is 0.384. The molecule has 9 atom stereocenters. The summed E-state index contributed by atoms with van der Waals surface area (Å²) in [4.78, 5) is 0. The van der Waals surface area contributed by atoms with E-state index < -0.39 is 37.3 Å². The van der Waals surface area contributed by atoms with Gasteiger partial charge in [-0.1, -0.05) is 12.1 Å². The van der Waals surface area contributed by atoms with E-state index in [1.807, 2.05) is 24.3 Å². The summed E-state index contributed by atoms with van der Waals surface area (Å²) in [6.07, 6.45) is -7.29. The molecule has 2 aromatic carbocycles. The summed E-state index contributed by atoms with van der Waals surface area (Å²) in [5, 5.41) is 39.8. The van der Waals surface area contributed by atoms with Crippen LogP contribution in [0.15, 0.2) is 36.4 Å². The maximum absolute atomic E-state index is 10.3. The maximum atomic E-state index is 10.3. The van der Waals surface area contributed by atoms with Crippen LogP contribution in [0.5, 0.6) is 23.0 Å². The molecule has 11 heteroatoms. The molecule has 0 amide bonds. The Hall–Kier alpha value is -2.64. The van der Waals surface area contributed by atoms with Crippen molar-refractivity contribution < 1.29 is 53.6 Å². The van der Waals surface area contributed by atoms with Crippen LogP contribution >= 0.6 is 0 Å². The van der Waals surface area contributed by atoms with E-state index in [-0.39, 0.29) is 29.8 Å². The summed E-state index contributed by atoms with van der Waals surface area (Å²) in [5.74, 6) is 2.21. The van der Waals surface area contributed by atoms with E-state index in [1.165, 1.54) is 7.11 Å². The van der Waals surface area contributed by atoms with Crippen LogP contribution < -0.4 is 18.9 Å². The molecule has 0 bridgehead atoms. The molecule has 3 saturated heterocycles. The molecule has 3 aliphatic heterocycles. The highest BCUT2D eigenvalue weighted by Crippen LogP contribution is 2.51. The highest BCUT2D eigenvalue weighted by atomic mass is 16.7. The minimum absolute atomic E-state index is 0.120. The van der Waals surface area contributed by atoms with Crippen LogP contribution in [0, 0.1) is 11.8 Å². The number of ether oxygens (including phenoxy) is 7. The SMILES string of the molecule is COc1ccc([C@@H]2OCC3C(c4ccc(OC5O[C@H](CO)C(O)C(O)C5O)c(OC)c4)OCC32)cc1OC. The van der Waals surface area contributed by atoms with Gasteiger partial charge >= 0.3 is 0 Å². The molecule has 0 aliphatic carbocycles. The fraction of sp³-hybridized carbons (Fsp3) is 0.556. The number of hydrogen-bond acceptors (Lipinski definition) is 11. The van der Waals surface area contributed by atoms with Crippen molar-refractivity contribution >= 4 is 0 Å². The van der Waals surface area contributed by atoms with Crippen molar-refractivity contribution in [3.05, 3.63) is 47.5 Å². The summed E-state index contributed by atoms with van der Waals surface area (Å²) in [6.45, 7) is 0.508. The largest absolute Gasteiger partial charge is 0.493 e. The molecule has 0 spiro atoms. The standard InChI is InChI=1S/C27H34O11/c1-32-17-6-4-13(8-19(17)33-2)25-15-11-36-26(16(15)12-35-25)14-5-7-18(20(9-14)34-3)37-27-24(31)23(30)22(29)21(10-28)38-27/h4-9,15-16,21-31H,10-12H2,1-3H3/t15?,16?,21-,22?,23?,24?,25+,26?,27?/m1/s1. The zero-order chi connectivity index (χ0) is 27.0. The number of hydrogen-bond donors (Lipinski definition) is 4. The van der Waals surface area contributed by atoms with E-state index in [0.717, 1.165) is 11.1 Å². The Morgan fingerprint density at radius 3 is 1.76 bits per heavy atom. The van der Waals surface area contributed by atoms with Gasteiger partial charge in [0.1, 0.15) is 24.4 Å². The van der Waals surface area contributed by atoms with Crippen LogP contribution in [0.1, 0.15) is 23.3 Å². The fourth-order valence-corrected chi connectivity index (χ4v) is 5.51. The normalized spacial score (nSPS) is 34.6. The Labute approximate surface area is 220 Å². The highest BCUT2D eigenvalue weighted by molar-refractivity contribution is 5.45. The molecule has 38 heavy (non-hydrogen) atoms. The van der Waals surface area contributed by atoms with Crippen LogP contribution in [-0.2, 0) is 14.2 Å². The van der Waals surface area contributed by atoms with Crippen LogP contribution in [0.25, 0.3) is 0 Å². The number of aliphatic hydroxyl groups is 4. The van der Waals surface area contributed by atoms with Crippen molar-refractivity contribution in [3.63, 3.8) is 0 Å². The Bertz CT molecular complexity index is 1110. The van der Waals surface area contributed by atoms with Gasteiger partial charge in [-0.2, -0.15) is 0 Å². The Morgan fingerprint density at radius 2 is 1.24 bits per heavy atom. The summed E-state index contributed by atoms with van der Waals surface area (Å²) in [5.41, 5.74) is 1.88.